The van der Waals surface area contributed by atoms with E-state index in [9.17, 15) is 0 Å². The lowest BCUT2D eigenvalue weighted by atomic mass is 9.72. The van der Waals surface area contributed by atoms with E-state index in [0.29, 0.717) is 6.10 Å². The Morgan fingerprint density at radius 3 is 2.59 bits per heavy atom. The van der Waals surface area contributed by atoms with Gasteiger partial charge in [-0.25, -0.2) is 0 Å². The SMILES string of the molecule is COc1cccc(C2(N)CCC2)c1OC1CC1. The Morgan fingerprint density at radius 2 is 2.06 bits per heavy atom. The normalized spacial score (nSPS) is 21.8. The van der Waals surface area contributed by atoms with Crippen molar-refractivity contribution >= 4 is 0 Å². The third kappa shape index (κ3) is 1.89. The van der Waals surface area contributed by atoms with Crippen molar-refractivity contribution in [2.75, 3.05) is 7.11 Å². The predicted octanol–water partition coefficient (Wildman–Crippen LogP) is 2.57. The minimum atomic E-state index is -0.196. The van der Waals surface area contributed by atoms with Crippen molar-refractivity contribution in [1.29, 1.82) is 0 Å². The van der Waals surface area contributed by atoms with Crippen LogP contribution < -0.4 is 15.2 Å². The fourth-order valence-electron chi connectivity index (χ4n) is 2.37. The largest absolute Gasteiger partial charge is 0.493 e. The van der Waals surface area contributed by atoms with Crippen LogP contribution in [0.4, 0.5) is 0 Å². The molecule has 2 aliphatic carbocycles. The number of ether oxygens (including phenoxy) is 2. The van der Waals surface area contributed by atoms with Crippen LogP contribution in [0.5, 0.6) is 11.5 Å². The number of hydrogen-bond donors (Lipinski definition) is 1. The van der Waals surface area contributed by atoms with Crippen LogP contribution in [-0.2, 0) is 5.54 Å². The first-order valence-corrected chi connectivity index (χ1v) is 6.36. The molecule has 0 radical (unpaired) electrons. The maximum Gasteiger partial charge on any atom is 0.166 e. The fourth-order valence-corrected chi connectivity index (χ4v) is 2.37. The topological polar surface area (TPSA) is 44.5 Å². The number of nitrogens with two attached hydrogens (primary N) is 1. The molecule has 0 spiro atoms. The van der Waals surface area contributed by atoms with Crippen LogP contribution in [0.1, 0.15) is 37.7 Å². The lowest BCUT2D eigenvalue weighted by molar-refractivity contribution is 0.225. The molecule has 2 N–H and O–H groups in total. The van der Waals surface area contributed by atoms with E-state index in [2.05, 4.69) is 6.07 Å². The van der Waals surface area contributed by atoms with Crippen molar-refractivity contribution in [3.63, 3.8) is 0 Å². The number of hydrogen-bond acceptors (Lipinski definition) is 3. The van der Waals surface area contributed by atoms with Crippen molar-refractivity contribution in [3.8, 4) is 11.5 Å². The van der Waals surface area contributed by atoms with Crippen molar-refractivity contribution in [3.05, 3.63) is 23.8 Å². The summed E-state index contributed by atoms with van der Waals surface area (Å²) in [6, 6.07) is 6.03. The highest BCUT2D eigenvalue weighted by atomic mass is 16.5. The average Bonchev–Trinajstić information content (AvgIpc) is 3.10. The first-order chi connectivity index (χ1) is 8.23. The van der Waals surface area contributed by atoms with Crippen LogP contribution in [0.15, 0.2) is 18.2 Å². The monoisotopic (exact) mass is 233 g/mol. The molecule has 1 aromatic rings. The molecule has 0 bridgehead atoms. The van der Waals surface area contributed by atoms with Gasteiger partial charge in [0.05, 0.1) is 13.2 Å². The second-order valence-electron chi connectivity index (χ2n) is 5.16. The standard InChI is InChI=1S/C14H19NO2/c1-16-12-5-2-4-11(14(15)8-3-9-14)13(12)17-10-6-7-10/h2,4-5,10H,3,6-9,15H2,1H3. The van der Waals surface area contributed by atoms with Gasteiger partial charge in [0.1, 0.15) is 0 Å². The van der Waals surface area contributed by atoms with Gasteiger partial charge in [0.15, 0.2) is 11.5 Å². The van der Waals surface area contributed by atoms with Crippen LogP contribution in [-0.4, -0.2) is 13.2 Å². The van der Waals surface area contributed by atoms with E-state index in [0.717, 1.165) is 42.7 Å². The zero-order valence-corrected chi connectivity index (χ0v) is 10.2. The number of para-hydroxylation sites is 1. The minimum Gasteiger partial charge on any atom is -0.493 e. The van der Waals surface area contributed by atoms with Gasteiger partial charge in [0, 0.05) is 11.1 Å². The Kier molecular flexibility index (Phi) is 2.51. The van der Waals surface area contributed by atoms with Gasteiger partial charge in [-0.05, 0) is 38.2 Å². The third-order valence-corrected chi connectivity index (χ3v) is 3.79. The van der Waals surface area contributed by atoms with Gasteiger partial charge < -0.3 is 15.2 Å². The Morgan fingerprint density at radius 1 is 1.29 bits per heavy atom. The Labute approximate surface area is 102 Å². The van der Waals surface area contributed by atoms with E-state index in [-0.39, 0.29) is 5.54 Å². The predicted molar refractivity (Wildman–Crippen MR) is 66.4 cm³/mol. The van der Waals surface area contributed by atoms with E-state index in [1.807, 2.05) is 12.1 Å². The van der Waals surface area contributed by atoms with E-state index in [1.54, 1.807) is 7.11 Å². The van der Waals surface area contributed by atoms with Gasteiger partial charge in [0.2, 0.25) is 0 Å². The van der Waals surface area contributed by atoms with Crippen molar-refractivity contribution in [1.82, 2.24) is 0 Å². The van der Waals surface area contributed by atoms with Crippen LogP contribution in [0.3, 0.4) is 0 Å². The summed E-state index contributed by atoms with van der Waals surface area (Å²) in [5.74, 6) is 1.69. The van der Waals surface area contributed by atoms with Crippen LogP contribution >= 0.6 is 0 Å². The van der Waals surface area contributed by atoms with Crippen molar-refractivity contribution in [2.24, 2.45) is 5.73 Å². The minimum absolute atomic E-state index is 0.196. The molecule has 0 heterocycles. The quantitative estimate of drug-likeness (QED) is 0.869. The lowest BCUT2D eigenvalue weighted by Gasteiger charge is -2.39. The molecule has 0 atom stereocenters. The van der Waals surface area contributed by atoms with E-state index in [1.165, 1.54) is 6.42 Å². The van der Waals surface area contributed by atoms with Gasteiger partial charge in [-0.1, -0.05) is 12.1 Å². The summed E-state index contributed by atoms with van der Waals surface area (Å²) in [5.41, 5.74) is 7.33. The zero-order chi connectivity index (χ0) is 11.9. The maximum atomic E-state index is 6.41. The summed E-state index contributed by atoms with van der Waals surface area (Å²) in [7, 11) is 1.68. The molecule has 0 saturated heterocycles. The number of benzene rings is 1. The first kappa shape index (κ1) is 10.9. The lowest BCUT2D eigenvalue weighted by Crippen LogP contribution is -2.43. The number of rotatable bonds is 4. The van der Waals surface area contributed by atoms with Crippen molar-refractivity contribution < 1.29 is 9.47 Å². The molecule has 92 valence electrons. The molecule has 1 aromatic carbocycles. The van der Waals surface area contributed by atoms with Crippen molar-refractivity contribution in [2.45, 2.75) is 43.7 Å². The van der Waals surface area contributed by atoms with Gasteiger partial charge in [-0.2, -0.15) is 0 Å². The molecule has 0 amide bonds. The molecule has 3 heteroatoms. The second kappa shape index (κ2) is 3.91. The summed E-state index contributed by atoms with van der Waals surface area (Å²) in [6.07, 6.45) is 5.96. The molecule has 2 fully saturated rings. The molecule has 0 aromatic heterocycles. The first-order valence-electron chi connectivity index (χ1n) is 6.36. The zero-order valence-electron chi connectivity index (χ0n) is 10.2. The summed E-state index contributed by atoms with van der Waals surface area (Å²) in [5, 5.41) is 0. The number of methoxy groups -OCH3 is 1. The molecular weight excluding hydrogens is 214 g/mol. The third-order valence-electron chi connectivity index (χ3n) is 3.79. The summed E-state index contributed by atoms with van der Waals surface area (Å²) in [4.78, 5) is 0. The van der Waals surface area contributed by atoms with Gasteiger partial charge in [0.25, 0.3) is 0 Å². The van der Waals surface area contributed by atoms with Crippen LogP contribution in [0, 0.1) is 0 Å². The summed E-state index contributed by atoms with van der Waals surface area (Å²) < 4.78 is 11.4. The molecule has 2 saturated carbocycles. The highest BCUT2D eigenvalue weighted by Crippen LogP contribution is 2.47. The molecule has 3 nitrogen and oxygen atoms in total. The average molecular weight is 233 g/mol. The molecule has 2 aliphatic rings. The smallest absolute Gasteiger partial charge is 0.166 e. The highest BCUT2D eigenvalue weighted by Gasteiger charge is 2.38. The van der Waals surface area contributed by atoms with Crippen LogP contribution in [0.25, 0.3) is 0 Å². The van der Waals surface area contributed by atoms with Gasteiger partial charge in [-0.15, -0.1) is 0 Å². The molecule has 3 rings (SSSR count). The highest BCUT2D eigenvalue weighted by molar-refractivity contribution is 5.50. The molecule has 0 unspecified atom stereocenters. The molecule has 0 aliphatic heterocycles. The summed E-state index contributed by atoms with van der Waals surface area (Å²) >= 11 is 0. The Balaban J connectivity index is 1.99. The maximum absolute atomic E-state index is 6.41. The fraction of sp³-hybridized carbons (Fsp3) is 0.571. The summed E-state index contributed by atoms with van der Waals surface area (Å²) in [6.45, 7) is 0. The van der Waals surface area contributed by atoms with E-state index in [4.69, 9.17) is 15.2 Å². The Hall–Kier alpha value is -1.22. The van der Waals surface area contributed by atoms with Gasteiger partial charge in [-0.3, -0.25) is 0 Å². The molecular formula is C14H19NO2. The van der Waals surface area contributed by atoms with E-state index >= 15 is 0 Å². The van der Waals surface area contributed by atoms with Crippen LogP contribution in [0.2, 0.25) is 0 Å². The Bertz CT molecular complexity index is 422. The van der Waals surface area contributed by atoms with E-state index < -0.39 is 0 Å². The molecule has 17 heavy (non-hydrogen) atoms. The second-order valence-corrected chi connectivity index (χ2v) is 5.16. The van der Waals surface area contributed by atoms with Gasteiger partial charge >= 0.3 is 0 Å².